The highest BCUT2D eigenvalue weighted by molar-refractivity contribution is 4.78. The minimum Gasteiger partial charge on any atom is -0.396 e. The fourth-order valence-electron chi connectivity index (χ4n) is 2.81. The molecule has 0 heterocycles. The molecule has 19 heavy (non-hydrogen) atoms. The first kappa shape index (κ1) is 16.9. The van der Waals surface area contributed by atoms with E-state index >= 15 is 0 Å². The maximum absolute atomic E-state index is 9.48. The van der Waals surface area contributed by atoms with Crippen molar-refractivity contribution in [3.05, 3.63) is 0 Å². The van der Waals surface area contributed by atoms with E-state index in [-0.39, 0.29) is 12.0 Å². The molecule has 0 radical (unpaired) electrons. The van der Waals surface area contributed by atoms with Crippen LogP contribution in [0.2, 0.25) is 0 Å². The summed E-state index contributed by atoms with van der Waals surface area (Å²) in [5, 5.41) is 13.0. The van der Waals surface area contributed by atoms with Gasteiger partial charge in [-0.05, 0) is 38.6 Å². The Hall–Kier alpha value is -0.120. The number of hydrogen-bond acceptors (Lipinski definition) is 3. The zero-order chi connectivity index (χ0) is 14.0. The molecule has 0 aromatic rings. The van der Waals surface area contributed by atoms with Crippen molar-refractivity contribution in [1.29, 1.82) is 0 Å². The predicted octanol–water partition coefficient (Wildman–Crippen LogP) is 3.11. The zero-order valence-corrected chi connectivity index (χ0v) is 12.9. The maximum Gasteiger partial charge on any atom is 0.0575 e. The molecular formula is C16H33NO2. The van der Waals surface area contributed by atoms with Crippen molar-refractivity contribution < 1.29 is 9.84 Å². The molecule has 0 saturated heterocycles. The van der Waals surface area contributed by atoms with Crippen LogP contribution in [0.1, 0.15) is 65.2 Å². The second-order valence-electron chi connectivity index (χ2n) is 6.03. The van der Waals surface area contributed by atoms with E-state index in [1.54, 1.807) is 0 Å². The highest BCUT2D eigenvalue weighted by atomic mass is 16.5. The van der Waals surface area contributed by atoms with Gasteiger partial charge in [0.15, 0.2) is 0 Å². The molecule has 1 saturated carbocycles. The fraction of sp³-hybridized carbons (Fsp3) is 1.00. The zero-order valence-electron chi connectivity index (χ0n) is 12.9. The highest BCUT2D eigenvalue weighted by Crippen LogP contribution is 2.24. The quantitative estimate of drug-likeness (QED) is 0.600. The van der Waals surface area contributed by atoms with E-state index < -0.39 is 0 Å². The lowest BCUT2D eigenvalue weighted by Crippen LogP contribution is -2.37. The third-order valence-electron chi connectivity index (χ3n) is 4.74. The summed E-state index contributed by atoms with van der Waals surface area (Å²) in [5.41, 5.74) is 0.0736. The van der Waals surface area contributed by atoms with Crippen LogP contribution in [0, 0.1) is 5.41 Å². The third kappa shape index (κ3) is 6.24. The van der Waals surface area contributed by atoms with Gasteiger partial charge in [0.05, 0.1) is 6.10 Å². The molecule has 3 heteroatoms. The van der Waals surface area contributed by atoms with E-state index in [2.05, 4.69) is 19.2 Å². The van der Waals surface area contributed by atoms with Gasteiger partial charge in [0, 0.05) is 25.2 Å². The lowest BCUT2D eigenvalue weighted by atomic mass is 9.83. The van der Waals surface area contributed by atoms with Gasteiger partial charge >= 0.3 is 0 Å². The van der Waals surface area contributed by atoms with E-state index in [4.69, 9.17) is 4.74 Å². The molecule has 1 aliphatic rings. The average Bonchev–Trinajstić information content (AvgIpc) is 2.48. The van der Waals surface area contributed by atoms with Crippen LogP contribution < -0.4 is 5.32 Å². The van der Waals surface area contributed by atoms with Gasteiger partial charge in [-0.1, -0.05) is 33.1 Å². The van der Waals surface area contributed by atoms with Gasteiger partial charge in [0.2, 0.25) is 0 Å². The van der Waals surface area contributed by atoms with E-state index in [9.17, 15) is 5.11 Å². The van der Waals surface area contributed by atoms with Crippen molar-refractivity contribution in [2.45, 2.75) is 71.3 Å². The van der Waals surface area contributed by atoms with Crippen LogP contribution in [0.3, 0.4) is 0 Å². The Labute approximate surface area is 119 Å². The van der Waals surface area contributed by atoms with Crippen molar-refractivity contribution in [3.63, 3.8) is 0 Å². The number of ether oxygens (including phenoxy) is 1. The Morgan fingerprint density at radius 1 is 1.16 bits per heavy atom. The summed E-state index contributed by atoms with van der Waals surface area (Å²) < 4.78 is 5.90. The molecular weight excluding hydrogens is 238 g/mol. The number of hydrogen-bond donors (Lipinski definition) is 2. The first-order valence-corrected chi connectivity index (χ1v) is 8.19. The van der Waals surface area contributed by atoms with E-state index in [0.717, 1.165) is 39.0 Å². The summed E-state index contributed by atoms with van der Waals surface area (Å²) >= 11 is 0. The molecule has 1 fully saturated rings. The molecule has 0 atom stereocenters. The van der Waals surface area contributed by atoms with Crippen molar-refractivity contribution in [2.75, 3.05) is 26.3 Å². The summed E-state index contributed by atoms with van der Waals surface area (Å²) in [6, 6.07) is 0. The largest absolute Gasteiger partial charge is 0.396 e. The molecule has 114 valence electrons. The first-order chi connectivity index (χ1) is 9.26. The molecule has 0 bridgehead atoms. The van der Waals surface area contributed by atoms with Gasteiger partial charge in [-0.3, -0.25) is 0 Å². The van der Waals surface area contributed by atoms with E-state index in [1.807, 2.05) is 0 Å². The Morgan fingerprint density at radius 2 is 1.84 bits per heavy atom. The van der Waals surface area contributed by atoms with Crippen molar-refractivity contribution in [1.82, 2.24) is 5.32 Å². The van der Waals surface area contributed by atoms with Gasteiger partial charge in [0.25, 0.3) is 0 Å². The van der Waals surface area contributed by atoms with Crippen LogP contribution in [0.25, 0.3) is 0 Å². The van der Waals surface area contributed by atoms with Crippen LogP contribution >= 0.6 is 0 Å². The van der Waals surface area contributed by atoms with Gasteiger partial charge in [0.1, 0.15) is 0 Å². The fourth-order valence-corrected chi connectivity index (χ4v) is 2.81. The average molecular weight is 271 g/mol. The number of rotatable bonds is 10. The minimum absolute atomic E-state index is 0.0736. The molecule has 3 nitrogen and oxygen atoms in total. The van der Waals surface area contributed by atoms with Gasteiger partial charge in [-0.25, -0.2) is 0 Å². The second-order valence-corrected chi connectivity index (χ2v) is 6.03. The minimum atomic E-state index is 0.0736. The van der Waals surface area contributed by atoms with Crippen LogP contribution in [0.5, 0.6) is 0 Å². The predicted molar refractivity (Wildman–Crippen MR) is 80.4 cm³/mol. The Kier molecular flexibility index (Phi) is 8.67. The van der Waals surface area contributed by atoms with E-state index in [0.29, 0.717) is 6.10 Å². The van der Waals surface area contributed by atoms with Crippen molar-refractivity contribution >= 4 is 0 Å². The normalized spacial score (nSPS) is 17.8. The molecule has 0 aliphatic heterocycles. The molecule has 0 aromatic heterocycles. The Bertz CT molecular complexity index is 203. The van der Waals surface area contributed by atoms with Gasteiger partial charge in [-0.2, -0.15) is 0 Å². The SMILES string of the molecule is CCC(CC)(CO)CNCCCOC1CCCCC1. The molecule has 0 aromatic carbocycles. The number of nitrogens with one attached hydrogen (secondary N) is 1. The summed E-state index contributed by atoms with van der Waals surface area (Å²) in [5.74, 6) is 0. The van der Waals surface area contributed by atoms with Crippen molar-refractivity contribution in [3.8, 4) is 0 Å². The van der Waals surface area contributed by atoms with Gasteiger partial charge in [-0.15, -0.1) is 0 Å². The smallest absolute Gasteiger partial charge is 0.0575 e. The van der Waals surface area contributed by atoms with Crippen molar-refractivity contribution in [2.24, 2.45) is 5.41 Å². The molecule has 1 rings (SSSR count). The van der Waals surface area contributed by atoms with Crippen LogP contribution in [0.15, 0.2) is 0 Å². The van der Waals surface area contributed by atoms with E-state index in [1.165, 1.54) is 32.1 Å². The molecule has 1 aliphatic carbocycles. The third-order valence-corrected chi connectivity index (χ3v) is 4.74. The highest BCUT2D eigenvalue weighted by Gasteiger charge is 2.24. The molecule has 0 spiro atoms. The Balaban J connectivity index is 2.01. The van der Waals surface area contributed by atoms with Crippen LogP contribution in [0.4, 0.5) is 0 Å². The first-order valence-electron chi connectivity index (χ1n) is 8.19. The van der Waals surface area contributed by atoms with Gasteiger partial charge < -0.3 is 15.2 Å². The Morgan fingerprint density at radius 3 is 2.42 bits per heavy atom. The second kappa shape index (κ2) is 9.73. The lowest BCUT2D eigenvalue weighted by Gasteiger charge is -2.29. The summed E-state index contributed by atoms with van der Waals surface area (Å²) in [6.07, 6.45) is 10.3. The monoisotopic (exact) mass is 271 g/mol. The summed E-state index contributed by atoms with van der Waals surface area (Å²) in [4.78, 5) is 0. The van der Waals surface area contributed by atoms with Crippen LogP contribution in [-0.4, -0.2) is 37.5 Å². The molecule has 0 unspecified atom stereocenters. The van der Waals surface area contributed by atoms with Crippen LogP contribution in [-0.2, 0) is 4.74 Å². The number of aliphatic hydroxyl groups is 1. The molecule has 0 amide bonds. The number of aliphatic hydroxyl groups excluding tert-OH is 1. The summed E-state index contributed by atoms with van der Waals surface area (Å²) in [7, 11) is 0. The standard InChI is InChI=1S/C16H33NO2/c1-3-16(4-2,14-18)13-17-11-8-12-19-15-9-6-5-7-10-15/h15,17-18H,3-14H2,1-2H3. The maximum atomic E-state index is 9.48. The lowest BCUT2D eigenvalue weighted by molar-refractivity contribution is 0.0267. The topological polar surface area (TPSA) is 41.5 Å². The molecule has 2 N–H and O–H groups in total. The summed E-state index contributed by atoms with van der Waals surface area (Å²) in [6.45, 7) is 7.39.